The molecule has 2 amide bonds. The number of amides is 2. The van der Waals surface area contributed by atoms with Crippen molar-refractivity contribution in [3.05, 3.63) is 0 Å². The largest absolute Gasteiger partial charge is 0.338 e. The van der Waals surface area contributed by atoms with E-state index in [1.807, 2.05) is 6.92 Å². The molecule has 0 aromatic heterocycles. The first-order valence-electron chi connectivity index (χ1n) is 6.37. The van der Waals surface area contributed by atoms with E-state index in [1.54, 1.807) is 0 Å². The molecule has 15 heavy (non-hydrogen) atoms. The molecule has 2 unspecified atom stereocenters. The van der Waals surface area contributed by atoms with Gasteiger partial charge in [0.15, 0.2) is 0 Å². The van der Waals surface area contributed by atoms with Crippen LogP contribution in [0, 0.1) is 5.92 Å². The molecule has 1 heterocycles. The van der Waals surface area contributed by atoms with Gasteiger partial charge < -0.3 is 10.2 Å². The Morgan fingerprint density at radius 3 is 2.80 bits per heavy atom. The summed E-state index contributed by atoms with van der Waals surface area (Å²) in [4.78, 5) is 14.0. The molecule has 0 bridgehead atoms. The van der Waals surface area contributed by atoms with E-state index in [0.29, 0.717) is 6.04 Å². The number of likely N-dealkylation sites (tertiary alicyclic amines) is 1. The van der Waals surface area contributed by atoms with Gasteiger partial charge in [0, 0.05) is 19.1 Å². The molecular weight excluding hydrogens is 188 g/mol. The number of urea groups is 1. The molecule has 86 valence electrons. The third-order valence-corrected chi connectivity index (χ3v) is 3.83. The van der Waals surface area contributed by atoms with E-state index in [9.17, 15) is 4.79 Å². The van der Waals surface area contributed by atoms with Crippen LogP contribution in [0.25, 0.3) is 0 Å². The summed E-state index contributed by atoms with van der Waals surface area (Å²) in [6, 6.07) is 0.702. The Kier molecular flexibility index (Phi) is 3.49. The Labute approximate surface area is 92.2 Å². The second kappa shape index (κ2) is 4.86. The third kappa shape index (κ3) is 2.27. The summed E-state index contributed by atoms with van der Waals surface area (Å²) in [5, 5.41) is 2.94. The molecule has 1 saturated heterocycles. The van der Waals surface area contributed by atoms with Crippen LogP contribution in [0.5, 0.6) is 0 Å². The van der Waals surface area contributed by atoms with Crippen LogP contribution >= 0.6 is 0 Å². The molecule has 2 aliphatic rings. The number of hydrogen-bond donors (Lipinski definition) is 1. The molecule has 2 atom stereocenters. The van der Waals surface area contributed by atoms with Gasteiger partial charge in [0.1, 0.15) is 0 Å². The first kappa shape index (κ1) is 10.8. The van der Waals surface area contributed by atoms with Crippen molar-refractivity contribution < 1.29 is 4.79 Å². The Morgan fingerprint density at radius 1 is 1.27 bits per heavy atom. The summed E-state index contributed by atoms with van der Waals surface area (Å²) in [6.07, 6.45) is 7.75. The van der Waals surface area contributed by atoms with E-state index in [-0.39, 0.29) is 6.03 Å². The number of piperidine rings is 1. The van der Waals surface area contributed by atoms with Crippen molar-refractivity contribution >= 4 is 6.03 Å². The number of nitrogens with one attached hydrogen (secondary N) is 1. The zero-order valence-corrected chi connectivity index (χ0v) is 9.67. The number of carbonyl (C=O) groups is 1. The molecule has 1 saturated carbocycles. The second-order valence-electron chi connectivity index (χ2n) is 4.78. The molecule has 0 radical (unpaired) electrons. The lowest BCUT2D eigenvalue weighted by atomic mass is 9.78. The highest BCUT2D eigenvalue weighted by Gasteiger charge is 2.35. The van der Waals surface area contributed by atoms with Crippen LogP contribution in [0.3, 0.4) is 0 Å². The topological polar surface area (TPSA) is 32.3 Å². The minimum Gasteiger partial charge on any atom is -0.338 e. The molecule has 1 aliphatic heterocycles. The quantitative estimate of drug-likeness (QED) is 0.708. The average Bonchev–Trinajstić information content (AvgIpc) is 2.28. The van der Waals surface area contributed by atoms with Crippen molar-refractivity contribution in [1.82, 2.24) is 10.2 Å². The van der Waals surface area contributed by atoms with Gasteiger partial charge in [0.25, 0.3) is 0 Å². The van der Waals surface area contributed by atoms with Gasteiger partial charge >= 0.3 is 6.03 Å². The van der Waals surface area contributed by atoms with Gasteiger partial charge in [-0.3, -0.25) is 0 Å². The third-order valence-electron chi connectivity index (χ3n) is 3.83. The number of rotatable bonds is 1. The van der Waals surface area contributed by atoms with E-state index in [2.05, 4.69) is 10.2 Å². The molecule has 1 aliphatic carbocycles. The van der Waals surface area contributed by atoms with Crippen LogP contribution in [-0.4, -0.2) is 30.1 Å². The summed E-state index contributed by atoms with van der Waals surface area (Å²) >= 11 is 0. The minimum absolute atomic E-state index is 0.161. The van der Waals surface area contributed by atoms with Gasteiger partial charge in [-0.2, -0.15) is 0 Å². The van der Waals surface area contributed by atoms with E-state index < -0.39 is 0 Å². The first-order chi connectivity index (χ1) is 7.33. The van der Waals surface area contributed by atoms with Crippen LogP contribution < -0.4 is 5.32 Å². The molecular formula is C12H22N2O. The predicted molar refractivity (Wildman–Crippen MR) is 60.8 cm³/mol. The highest BCUT2D eigenvalue weighted by Crippen LogP contribution is 2.35. The molecule has 0 aromatic carbocycles. The maximum Gasteiger partial charge on any atom is 0.317 e. The summed E-state index contributed by atoms with van der Waals surface area (Å²) < 4.78 is 0. The summed E-state index contributed by atoms with van der Waals surface area (Å²) in [5.74, 6) is 0.787. The highest BCUT2D eigenvalue weighted by atomic mass is 16.2. The van der Waals surface area contributed by atoms with Crippen LogP contribution in [0.4, 0.5) is 4.79 Å². The predicted octanol–water partition coefficient (Wildman–Crippen LogP) is 2.37. The van der Waals surface area contributed by atoms with E-state index in [1.165, 1.54) is 38.5 Å². The molecule has 2 fully saturated rings. The van der Waals surface area contributed by atoms with Crippen molar-refractivity contribution in [2.24, 2.45) is 5.92 Å². The Bertz CT molecular complexity index is 228. The summed E-state index contributed by atoms with van der Waals surface area (Å²) in [7, 11) is 0. The fourth-order valence-electron chi connectivity index (χ4n) is 3.13. The standard InChI is InChI=1S/C12H22N2O/c1-2-13-12(15)14-9-5-7-10-6-3-4-8-11(10)14/h10-11H,2-9H2,1H3,(H,13,15). The number of hydrogen-bond acceptors (Lipinski definition) is 1. The van der Waals surface area contributed by atoms with Gasteiger partial charge in [-0.25, -0.2) is 4.79 Å². The van der Waals surface area contributed by atoms with Crippen molar-refractivity contribution in [1.29, 1.82) is 0 Å². The zero-order valence-electron chi connectivity index (χ0n) is 9.67. The van der Waals surface area contributed by atoms with Crippen molar-refractivity contribution in [2.75, 3.05) is 13.1 Å². The maximum absolute atomic E-state index is 11.9. The molecule has 0 aromatic rings. The lowest BCUT2D eigenvalue weighted by Gasteiger charge is -2.43. The SMILES string of the molecule is CCNC(=O)N1CCCC2CCCCC21. The van der Waals surface area contributed by atoms with Gasteiger partial charge in [-0.1, -0.05) is 12.8 Å². The minimum atomic E-state index is 0.161. The summed E-state index contributed by atoms with van der Waals surface area (Å²) in [6.45, 7) is 3.69. The van der Waals surface area contributed by atoms with Gasteiger partial charge in [-0.05, 0) is 38.5 Å². The van der Waals surface area contributed by atoms with E-state index in [0.717, 1.165) is 19.0 Å². The zero-order chi connectivity index (χ0) is 10.7. The molecule has 2 rings (SSSR count). The maximum atomic E-state index is 11.9. The Balaban J connectivity index is 2.00. The average molecular weight is 210 g/mol. The number of carbonyl (C=O) groups excluding carboxylic acids is 1. The molecule has 1 N–H and O–H groups in total. The Hall–Kier alpha value is -0.730. The lowest BCUT2D eigenvalue weighted by molar-refractivity contribution is 0.0845. The fourth-order valence-corrected chi connectivity index (χ4v) is 3.13. The van der Waals surface area contributed by atoms with Crippen molar-refractivity contribution in [3.8, 4) is 0 Å². The lowest BCUT2D eigenvalue weighted by Crippen LogP contribution is -2.53. The molecule has 0 spiro atoms. The van der Waals surface area contributed by atoms with E-state index >= 15 is 0 Å². The van der Waals surface area contributed by atoms with Gasteiger partial charge in [0.05, 0.1) is 0 Å². The van der Waals surface area contributed by atoms with Gasteiger partial charge in [-0.15, -0.1) is 0 Å². The Morgan fingerprint density at radius 2 is 2.00 bits per heavy atom. The van der Waals surface area contributed by atoms with Gasteiger partial charge in [0.2, 0.25) is 0 Å². The first-order valence-corrected chi connectivity index (χ1v) is 6.37. The molecule has 3 nitrogen and oxygen atoms in total. The number of fused-ring (bicyclic) bond motifs is 1. The fraction of sp³-hybridized carbons (Fsp3) is 0.917. The van der Waals surface area contributed by atoms with Crippen LogP contribution in [0.2, 0.25) is 0 Å². The van der Waals surface area contributed by atoms with Crippen molar-refractivity contribution in [3.63, 3.8) is 0 Å². The smallest absolute Gasteiger partial charge is 0.317 e. The molecule has 3 heteroatoms. The number of nitrogens with zero attached hydrogens (tertiary/aromatic N) is 1. The highest BCUT2D eigenvalue weighted by molar-refractivity contribution is 5.74. The normalized spacial score (nSPS) is 30.9. The van der Waals surface area contributed by atoms with Crippen LogP contribution in [0.1, 0.15) is 45.4 Å². The van der Waals surface area contributed by atoms with E-state index in [4.69, 9.17) is 0 Å². The van der Waals surface area contributed by atoms with Crippen LogP contribution in [-0.2, 0) is 0 Å². The summed E-state index contributed by atoms with van der Waals surface area (Å²) in [5.41, 5.74) is 0. The van der Waals surface area contributed by atoms with Crippen LogP contribution in [0.15, 0.2) is 0 Å². The monoisotopic (exact) mass is 210 g/mol. The van der Waals surface area contributed by atoms with Crippen molar-refractivity contribution in [2.45, 2.75) is 51.5 Å². The second-order valence-corrected chi connectivity index (χ2v) is 4.78.